The molecule has 26 heavy (non-hydrogen) atoms. The van der Waals surface area contributed by atoms with E-state index in [-0.39, 0.29) is 10.9 Å². The third-order valence-corrected chi connectivity index (χ3v) is 6.62. The number of hydrogen-bond acceptors (Lipinski definition) is 3. The molecule has 0 aliphatic heterocycles. The van der Waals surface area contributed by atoms with Gasteiger partial charge >= 0.3 is 0 Å². The number of sulfonamides is 1. The molecule has 148 valence electrons. The first-order valence-electron chi connectivity index (χ1n) is 9.30. The second kappa shape index (κ2) is 10.2. The summed E-state index contributed by atoms with van der Waals surface area (Å²) in [7, 11) is -3.49. The number of rotatable bonds is 9. The smallest absolute Gasteiger partial charge is 0.243 e. The third kappa shape index (κ3) is 6.52. The first-order valence-corrected chi connectivity index (χ1v) is 11.1. The monoisotopic (exact) mass is 399 g/mol. The van der Waals surface area contributed by atoms with E-state index in [2.05, 4.69) is 31.4 Å². The summed E-state index contributed by atoms with van der Waals surface area (Å²) in [6.07, 6.45) is 2.17. The number of benzene rings is 1. The Labute approximate surface area is 164 Å². The molecule has 0 aliphatic carbocycles. The summed E-state index contributed by atoms with van der Waals surface area (Å²) in [6.45, 7) is 13.0. The van der Waals surface area contributed by atoms with Crippen LogP contribution in [0, 0.1) is 12.8 Å². The molecule has 5 nitrogen and oxygen atoms in total. The Morgan fingerprint density at radius 3 is 2.31 bits per heavy atom. The predicted molar refractivity (Wildman–Crippen MR) is 114 cm³/mol. The highest BCUT2D eigenvalue weighted by Crippen LogP contribution is 2.23. The summed E-state index contributed by atoms with van der Waals surface area (Å²) in [4.78, 5) is 0.282. The van der Waals surface area contributed by atoms with Gasteiger partial charge in [0.25, 0.3) is 0 Å². The van der Waals surface area contributed by atoms with Gasteiger partial charge < -0.3 is 10.6 Å². The highest BCUT2D eigenvalue weighted by atomic mass is 32.2. The van der Waals surface area contributed by atoms with Gasteiger partial charge in [0.15, 0.2) is 5.11 Å². The minimum atomic E-state index is -3.49. The number of aryl methyl sites for hydroxylation is 1. The van der Waals surface area contributed by atoms with E-state index < -0.39 is 10.0 Å². The minimum absolute atomic E-state index is 0.264. The molecule has 7 heteroatoms. The second-order valence-electron chi connectivity index (χ2n) is 7.04. The molecule has 2 N–H and O–H groups in total. The van der Waals surface area contributed by atoms with E-state index in [4.69, 9.17) is 12.2 Å². The molecule has 0 fully saturated rings. The zero-order valence-corrected chi connectivity index (χ0v) is 18.4. The van der Waals surface area contributed by atoms with Crippen molar-refractivity contribution in [2.45, 2.75) is 65.3 Å². The maximum Gasteiger partial charge on any atom is 0.243 e. The summed E-state index contributed by atoms with van der Waals surface area (Å²) in [5, 5.41) is 6.94. The van der Waals surface area contributed by atoms with Crippen LogP contribution in [0.25, 0.3) is 0 Å². The number of nitrogens with one attached hydrogen (secondary N) is 2. The first-order chi connectivity index (χ1) is 12.1. The Bertz CT molecular complexity index is 699. The second-order valence-corrected chi connectivity index (χ2v) is 9.38. The Balaban J connectivity index is 2.89. The van der Waals surface area contributed by atoms with Crippen molar-refractivity contribution in [1.82, 2.24) is 9.62 Å². The van der Waals surface area contributed by atoms with Crippen LogP contribution in [-0.4, -0.2) is 37.0 Å². The molecule has 0 spiro atoms. The molecule has 1 rings (SSSR count). The van der Waals surface area contributed by atoms with Gasteiger partial charge in [-0.1, -0.05) is 33.8 Å². The maximum absolute atomic E-state index is 12.7. The predicted octanol–water partition coefficient (Wildman–Crippen LogP) is 4.14. The van der Waals surface area contributed by atoms with Crippen molar-refractivity contribution >= 4 is 33.0 Å². The van der Waals surface area contributed by atoms with Crippen LogP contribution < -0.4 is 10.6 Å². The quantitative estimate of drug-likeness (QED) is 0.611. The Morgan fingerprint density at radius 1 is 1.15 bits per heavy atom. The summed E-state index contributed by atoms with van der Waals surface area (Å²) in [5.74, 6) is 0.657. The zero-order valence-electron chi connectivity index (χ0n) is 16.8. The highest BCUT2D eigenvalue weighted by Gasteiger charge is 2.22. The van der Waals surface area contributed by atoms with Gasteiger partial charge in [0, 0.05) is 24.8 Å². The molecule has 0 saturated carbocycles. The molecular formula is C19H33N3O2S2. The number of thiocarbonyl (C=S) groups is 1. The molecular weight excluding hydrogens is 366 g/mol. The van der Waals surface area contributed by atoms with Crippen molar-refractivity contribution in [3.05, 3.63) is 23.8 Å². The fourth-order valence-corrected chi connectivity index (χ4v) is 4.44. The lowest BCUT2D eigenvalue weighted by Gasteiger charge is -2.21. The van der Waals surface area contributed by atoms with Crippen molar-refractivity contribution in [1.29, 1.82) is 0 Å². The normalized spacial score (nSPS) is 13.1. The topological polar surface area (TPSA) is 61.4 Å². The Hall–Kier alpha value is -1.18. The van der Waals surface area contributed by atoms with Crippen LogP contribution in [0.1, 0.15) is 53.0 Å². The molecule has 0 bridgehead atoms. The van der Waals surface area contributed by atoms with Gasteiger partial charge in [-0.05, 0) is 62.5 Å². The highest BCUT2D eigenvalue weighted by molar-refractivity contribution is 7.89. The van der Waals surface area contributed by atoms with Gasteiger partial charge in [0.1, 0.15) is 0 Å². The van der Waals surface area contributed by atoms with Gasteiger partial charge in [0.2, 0.25) is 10.0 Å². The van der Waals surface area contributed by atoms with Crippen LogP contribution in [0.2, 0.25) is 0 Å². The SMILES string of the molecule is CCN(CC)S(=O)(=O)c1ccc(C)c(NC(=S)NC(C)CCC(C)C)c1. The van der Waals surface area contributed by atoms with E-state index in [9.17, 15) is 8.42 Å². The Kier molecular flexibility index (Phi) is 9.00. The fraction of sp³-hybridized carbons (Fsp3) is 0.632. The van der Waals surface area contributed by atoms with E-state index in [1.807, 2.05) is 26.8 Å². The van der Waals surface area contributed by atoms with Crippen LogP contribution in [0.15, 0.2) is 23.1 Å². The summed E-state index contributed by atoms with van der Waals surface area (Å²) >= 11 is 5.40. The van der Waals surface area contributed by atoms with Crippen LogP contribution in [0.3, 0.4) is 0 Å². The largest absolute Gasteiger partial charge is 0.360 e. The first kappa shape index (κ1) is 22.9. The van der Waals surface area contributed by atoms with Crippen LogP contribution in [-0.2, 0) is 10.0 Å². The van der Waals surface area contributed by atoms with Crippen LogP contribution >= 0.6 is 12.2 Å². The molecule has 1 unspecified atom stereocenters. The molecule has 0 radical (unpaired) electrons. The van der Waals surface area contributed by atoms with E-state index in [0.717, 1.165) is 18.4 Å². The average molecular weight is 400 g/mol. The van der Waals surface area contributed by atoms with Crippen LogP contribution in [0.4, 0.5) is 5.69 Å². The maximum atomic E-state index is 12.7. The van der Waals surface area contributed by atoms with Crippen LogP contribution in [0.5, 0.6) is 0 Å². The van der Waals surface area contributed by atoms with Crippen molar-refractivity contribution < 1.29 is 8.42 Å². The summed E-state index contributed by atoms with van der Waals surface area (Å²) < 4.78 is 26.9. The molecule has 0 aliphatic rings. The number of hydrogen-bond donors (Lipinski definition) is 2. The Morgan fingerprint density at radius 2 is 1.77 bits per heavy atom. The molecule has 0 amide bonds. The fourth-order valence-electron chi connectivity index (χ4n) is 2.65. The van der Waals surface area contributed by atoms with Crippen molar-refractivity contribution in [2.24, 2.45) is 5.92 Å². The van der Waals surface area contributed by atoms with E-state index >= 15 is 0 Å². The van der Waals surface area contributed by atoms with Gasteiger partial charge in [-0.15, -0.1) is 0 Å². The molecule has 0 aromatic heterocycles. The number of nitrogens with zero attached hydrogens (tertiary/aromatic N) is 1. The van der Waals surface area contributed by atoms with Gasteiger partial charge in [0.05, 0.1) is 4.90 Å². The standard InChI is InChI=1S/C19H33N3O2S2/c1-7-22(8-2)26(23,24)17-12-10-15(5)18(13-17)21-19(25)20-16(6)11-9-14(3)4/h10,12-14,16H,7-9,11H2,1-6H3,(H2,20,21,25). The molecule has 1 atom stereocenters. The lowest BCUT2D eigenvalue weighted by molar-refractivity contribution is 0.445. The van der Waals surface area contributed by atoms with Crippen molar-refractivity contribution in [3.8, 4) is 0 Å². The van der Waals surface area contributed by atoms with E-state index in [1.54, 1.807) is 12.1 Å². The third-order valence-electron chi connectivity index (χ3n) is 4.35. The lowest BCUT2D eigenvalue weighted by Crippen LogP contribution is -2.36. The molecule has 1 aromatic rings. The van der Waals surface area contributed by atoms with Gasteiger partial charge in [-0.2, -0.15) is 4.31 Å². The molecule has 1 aromatic carbocycles. The molecule has 0 heterocycles. The average Bonchev–Trinajstić information content (AvgIpc) is 2.55. The lowest BCUT2D eigenvalue weighted by atomic mass is 10.0. The minimum Gasteiger partial charge on any atom is -0.360 e. The summed E-state index contributed by atoms with van der Waals surface area (Å²) in [6, 6.07) is 5.38. The van der Waals surface area contributed by atoms with E-state index in [0.29, 0.717) is 29.8 Å². The van der Waals surface area contributed by atoms with E-state index in [1.165, 1.54) is 4.31 Å². The number of anilines is 1. The van der Waals surface area contributed by atoms with Crippen molar-refractivity contribution in [2.75, 3.05) is 18.4 Å². The molecule has 0 saturated heterocycles. The van der Waals surface area contributed by atoms with Gasteiger partial charge in [-0.3, -0.25) is 0 Å². The van der Waals surface area contributed by atoms with Crippen molar-refractivity contribution in [3.63, 3.8) is 0 Å². The van der Waals surface area contributed by atoms with Gasteiger partial charge in [-0.25, -0.2) is 8.42 Å². The zero-order chi connectivity index (χ0) is 19.9. The summed E-state index contributed by atoms with van der Waals surface area (Å²) in [5.41, 5.74) is 1.66.